The van der Waals surface area contributed by atoms with Gasteiger partial charge in [-0.15, -0.1) is 0 Å². The highest BCUT2D eigenvalue weighted by Crippen LogP contribution is 2.22. The molecule has 0 aliphatic carbocycles. The lowest BCUT2D eigenvalue weighted by Gasteiger charge is -2.10. The SMILES string of the molecule is N#CC(C(=O)Cc1ccc(Cl)cc1Cl)C(=O)Nc1ccccn1. The standard InChI is InChI=1S/C16H11Cl2N3O2/c17-11-5-4-10(13(18)8-11)7-14(22)12(9-19)16(23)21-15-3-1-2-6-20-15/h1-6,8,12H,7H2,(H,20,21,23). The summed E-state index contributed by atoms with van der Waals surface area (Å²) in [6, 6.07) is 11.3. The molecular weight excluding hydrogens is 337 g/mol. The molecule has 0 radical (unpaired) electrons. The average molecular weight is 348 g/mol. The lowest BCUT2D eigenvalue weighted by molar-refractivity contribution is -0.128. The highest BCUT2D eigenvalue weighted by molar-refractivity contribution is 6.35. The molecule has 2 rings (SSSR count). The monoisotopic (exact) mass is 347 g/mol. The molecule has 116 valence electrons. The van der Waals surface area contributed by atoms with Gasteiger partial charge in [-0.25, -0.2) is 4.98 Å². The molecule has 5 nitrogen and oxygen atoms in total. The van der Waals surface area contributed by atoms with Gasteiger partial charge in [-0.1, -0.05) is 35.3 Å². The van der Waals surface area contributed by atoms with Gasteiger partial charge in [0.15, 0.2) is 11.7 Å². The molecule has 1 atom stereocenters. The molecule has 7 heteroatoms. The fraction of sp³-hybridized carbons (Fsp3) is 0.125. The molecule has 1 aromatic carbocycles. The Labute approximate surface area is 142 Å². The zero-order valence-corrected chi connectivity index (χ0v) is 13.3. The van der Waals surface area contributed by atoms with E-state index in [-0.39, 0.29) is 12.2 Å². The number of carbonyl (C=O) groups excluding carboxylic acids is 2. The van der Waals surface area contributed by atoms with Gasteiger partial charge in [0.2, 0.25) is 0 Å². The van der Waals surface area contributed by atoms with Crippen molar-refractivity contribution in [2.24, 2.45) is 5.92 Å². The van der Waals surface area contributed by atoms with Crippen LogP contribution in [0, 0.1) is 17.2 Å². The van der Waals surface area contributed by atoms with E-state index in [1.807, 2.05) is 0 Å². The molecule has 0 aliphatic heterocycles. The van der Waals surface area contributed by atoms with E-state index >= 15 is 0 Å². The number of ketones is 1. The van der Waals surface area contributed by atoms with Crippen molar-refractivity contribution in [1.29, 1.82) is 5.26 Å². The van der Waals surface area contributed by atoms with Crippen LogP contribution in [0.25, 0.3) is 0 Å². The van der Waals surface area contributed by atoms with Gasteiger partial charge in [0.1, 0.15) is 5.82 Å². The quantitative estimate of drug-likeness (QED) is 0.841. The number of nitrogens with one attached hydrogen (secondary N) is 1. The lowest BCUT2D eigenvalue weighted by Crippen LogP contribution is -2.30. The van der Waals surface area contributed by atoms with Gasteiger partial charge < -0.3 is 5.32 Å². The number of aromatic nitrogens is 1. The second-order valence-electron chi connectivity index (χ2n) is 4.65. The topological polar surface area (TPSA) is 82.8 Å². The molecule has 0 spiro atoms. The maximum Gasteiger partial charge on any atom is 0.250 e. The van der Waals surface area contributed by atoms with Crippen LogP contribution < -0.4 is 5.32 Å². The molecule has 1 N–H and O–H groups in total. The number of rotatable bonds is 5. The van der Waals surface area contributed by atoms with Crippen LogP contribution in [0.4, 0.5) is 5.82 Å². The van der Waals surface area contributed by atoms with Crippen LogP contribution in [0.2, 0.25) is 10.0 Å². The fourth-order valence-electron chi connectivity index (χ4n) is 1.87. The molecule has 1 amide bonds. The van der Waals surface area contributed by atoms with Crippen molar-refractivity contribution >= 4 is 40.7 Å². The molecule has 1 heterocycles. The minimum Gasteiger partial charge on any atom is -0.309 e. The lowest BCUT2D eigenvalue weighted by atomic mass is 9.98. The zero-order chi connectivity index (χ0) is 16.8. The van der Waals surface area contributed by atoms with Crippen molar-refractivity contribution in [3.63, 3.8) is 0 Å². The Kier molecular flexibility index (Phi) is 5.69. The first-order valence-corrected chi connectivity index (χ1v) is 7.35. The van der Waals surface area contributed by atoms with Crippen LogP contribution in [0.15, 0.2) is 42.6 Å². The zero-order valence-electron chi connectivity index (χ0n) is 11.8. The van der Waals surface area contributed by atoms with Crippen molar-refractivity contribution in [3.05, 3.63) is 58.2 Å². The summed E-state index contributed by atoms with van der Waals surface area (Å²) in [5.74, 6) is -2.44. The second kappa shape index (κ2) is 7.73. The Morgan fingerprint density at radius 3 is 2.65 bits per heavy atom. The molecule has 23 heavy (non-hydrogen) atoms. The van der Waals surface area contributed by atoms with E-state index in [0.29, 0.717) is 15.6 Å². The number of halogens is 2. The Morgan fingerprint density at radius 1 is 1.26 bits per heavy atom. The summed E-state index contributed by atoms with van der Waals surface area (Å²) in [5.41, 5.74) is 0.506. The molecule has 0 bridgehead atoms. The Bertz CT molecular complexity index is 773. The number of anilines is 1. The van der Waals surface area contributed by atoms with Crippen LogP contribution in [0.5, 0.6) is 0 Å². The van der Waals surface area contributed by atoms with Crippen LogP contribution in [0.1, 0.15) is 5.56 Å². The van der Waals surface area contributed by atoms with Gasteiger partial charge in [-0.05, 0) is 29.8 Å². The molecule has 2 aromatic rings. The highest BCUT2D eigenvalue weighted by atomic mass is 35.5. The van der Waals surface area contributed by atoms with Crippen LogP contribution in [0.3, 0.4) is 0 Å². The molecule has 1 aromatic heterocycles. The van der Waals surface area contributed by atoms with Gasteiger partial charge in [0.25, 0.3) is 5.91 Å². The molecule has 0 fully saturated rings. The largest absolute Gasteiger partial charge is 0.309 e. The summed E-state index contributed by atoms with van der Waals surface area (Å²) in [5, 5.41) is 12.3. The average Bonchev–Trinajstić information content (AvgIpc) is 2.52. The third-order valence-electron chi connectivity index (χ3n) is 3.01. The minimum absolute atomic E-state index is 0.135. The molecule has 0 saturated heterocycles. The fourth-order valence-corrected chi connectivity index (χ4v) is 2.34. The van der Waals surface area contributed by atoms with Crippen LogP contribution >= 0.6 is 23.2 Å². The summed E-state index contributed by atoms with van der Waals surface area (Å²) >= 11 is 11.8. The first kappa shape index (κ1) is 16.9. The smallest absolute Gasteiger partial charge is 0.250 e. The van der Waals surface area contributed by atoms with Gasteiger partial charge in [-0.3, -0.25) is 9.59 Å². The number of amides is 1. The van der Waals surface area contributed by atoms with Crippen LogP contribution in [-0.2, 0) is 16.0 Å². The van der Waals surface area contributed by atoms with Crippen molar-refractivity contribution < 1.29 is 9.59 Å². The van der Waals surface area contributed by atoms with E-state index in [9.17, 15) is 9.59 Å². The number of benzene rings is 1. The van der Waals surface area contributed by atoms with Gasteiger partial charge >= 0.3 is 0 Å². The predicted octanol–water partition coefficient (Wildman–Crippen LogP) is 3.28. The first-order chi connectivity index (χ1) is 11.0. The predicted molar refractivity (Wildman–Crippen MR) is 87.1 cm³/mol. The number of hydrogen-bond acceptors (Lipinski definition) is 4. The van der Waals surface area contributed by atoms with Crippen molar-refractivity contribution in [2.45, 2.75) is 6.42 Å². The van der Waals surface area contributed by atoms with Gasteiger partial charge in [-0.2, -0.15) is 5.26 Å². The highest BCUT2D eigenvalue weighted by Gasteiger charge is 2.27. The molecule has 1 unspecified atom stereocenters. The van der Waals surface area contributed by atoms with Crippen molar-refractivity contribution in [1.82, 2.24) is 4.98 Å². The summed E-state index contributed by atoms with van der Waals surface area (Å²) in [6.45, 7) is 0. The minimum atomic E-state index is -1.44. The maximum absolute atomic E-state index is 12.2. The third kappa shape index (κ3) is 4.52. The summed E-state index contributed by atoms with van der Waals surface area (Å²) in [4.78, 5) is 28.2. The second-order valence-corrected chi connectivity index (χ2v) is 5.49. The van der Waals surface area contributed by atoms with Gasteiger partial charge in [0.05, 0.1) is 6.07 Å². The van der Waals surface area contributed by atoms with E-state index in [1.54, 1.807) is 36.4 Å². The first-order valence-electron chi connectivity index (χ1n) is 6.59. The van der Waals surface area contributed by atoms with Gasteiger partial charge in [0, 0.05) is 22.7 Å². The van der Waals surface area contributed by atoms with E-state index in [1.165, 1.54) is 12.3 Å². The van der Waals surface area contributed by atoms with Crippen molar-refractivity contribution in [3.8, 4) is 6.07 Å². The Hall–Kier alpha value is -2.42. The number of pyridine rings is 1. The van der Waals surface area contributed by atoms with Crippen molar-refractivity contribution in [2.75, 3.05) is 5.32 Å². The number of hydrogen-bond donors (Lipinski definition) is 1. The Balaban J connectivity index is 2.09. The summed E-state index contributed by atoms with van der Waals surface area (Å²) in [6.07, 6.45) is 1.36. The van der Waals surface area contributed by atoms with E-state index in [0.717, 1.165) is 0 Å². The van der Waals surface area contributed by atoms with E-state index < -0.39 is 17.6 Å². The van der Waals surface area contributed by atoms with Crippen LogP contribution in [-0.4, -0.2) is 16.7 Å². The number of carbonyl (C=O) groups is 2. The number of Topliss-reactive ketones (excluding diaryl/α,β-unsaturated/α-hetero) is 1. The Morgan fingerprint density at radius 2 is 2.04 bits per heavy atom. The maximum atomic E-state index is 12.2. The summed E-state index contributed by atoms with van der Waals surface area (Å²) in [7, 11) is 0. The van der Waals surface area contributed by atoms with E-state index in [4.69, 9.17) is 28.5 Å². The summed E-state index contributed by atoms with van der Waals surface area (Å²) < 4.78 is 0. The number of nitrogens with zero attached hydrogens (tertiary/aromatic N) is 2. The molecule has 0 aliphatic rings. The third-order valence-corrected chi connectivity index (χ3v) is 3.60. The number of nitriles is 1. The normalized spacial score (nSPS) is 11.3. The van der Waals surface area contributed by atoms with E-state index in [2.05, 4.69) is 10.3 Å². The molecule has 0 saturated carbocycles. The molecular formula is C16H11Cl2N3O2.